The van der Waals surface area contributed by atoms with Crippen LogP contribution in [-0.2, 0) is 4.79 Å². The topological polar surface area (TPSA) is 60.8 Å². The predicted octanol–water partition coefficient (Wildman–Crippen LogP) is -0.239. The lowest BCUT2D eigenvalue weighted by Gasteiger charge is -2.14. The van der Waals surface area contributed by atoms with Crippen LogP contribution in [0.1, 0.15) is 20.8 Å². The summed E-state index contributed by atoms with van der Waals surface area (Å²) in [7, 11) is 0. The van der Waals surface area contributed by atoms with Crippen molar-refractivity contribution in [2.45, 2.75) is 20.8 Å². The maximum Gasteiger partial charge on any atom is 0.225 e. The number of carbonyl (C=O) groups excluding carboxylic acids is 1. The van der Waals surface area contributed by atoms with Crippen LogP contribution in [0, 0.1) is 0 Å². The van der Waals surface area contributed by atoms with E-state index in [1.165, 1.54) is 0 Å². The fraction of sp³-hybridized carbons (Fsp3) is 0.833. The van der Waals surface area contributed by atoms with E-state index in [2.05, 4.69) is 0 Å². The minimum atomic E-state index is -0.414. The summed E-state index contributed by atoms with van der Waals surface area (Å²) in [5.41, 5.74) is 0. The van der Waals surface area contributed by atoms with Crippen molar-refractivity contribution in [1.82, 2.24) is 4.90 Å². The standard InChI is InChI=1S/C5H11NO3.CH4/c1-2-5(9)6(3-7)4-8;/h7-8H,2-4H2,1H3;1H4. The molecule has 4 heteroatoms. The molecule has 4 nitrogen and oxygen atoms in total. The second-order valence-corrected chi connectivity index (χ2v) is 1.57. The van der Waals surface area contributed by atoms with Gasteiger partial charge >= 0.3 is 0 Å². The van der Waals surface area contributed by atoms with E-state index in [0.717, 1.165) is 4.90 Å². The van der Waals surface area contributed by atoms with E-state index in [-0.39, 0.29) is 13.3 Å². The molecular weight excluding hydrogens is 134 g/mol. The Bertz CT molecular complexity index is 91.0. The molecule has 0 aromatic rings. The molecule has 2 N–H and O–H groups in total. The molecule has 0 aliphatic heterocycles. The van der Waals surface area contributed by atoms with Crippen molar-refractivity contribution in [2.24, 2.45) is 0 Å². The molecule has 0 unspecified atom stereocenters. The van der Waals surface area contributed by atoms with Crippen LogP contribution in [0.2, 0.25) is 0 Å². The molecule has 1 amide bonds. The highest BCUT2D eigenvalue weighted by atomic mass is 16.3. The molecule has 0 aliphatic rings. The van der Waals surface area contributed by atoms with E-state index in [1.807, 2.05) is 0 Å². The highest BCUT2D eigenvalue weighted by Crippen LogP contribution is 1.88. The Morgan fingerprint density at radius 1 is 1.40 bits per heavy atom. The van der Waals surface area contributed by atoms with Gasteiger partial charge in [-0.2, -0.15) is 0 Å². The third kappa shape index (κ3) is 3.42. The third-order valence-electron chi connectivity index (χ3n) is 0.997. The van der Waals surface area contributed by atoms with Crippen LogP contribution in [0.3, 0.4) is 0 Å². The quantitative estimate of drug-likeness (QED) is 0.544. The number of aliphatic hydroxyl groups is 2. The summed E-state index contributed by atoms with van der Waals surface area (Å²) in [5, 5.41) is 16.7. The van der Waals surface area contributed by atoms with Crippen LogP contribution in [0.5, 0.6) is 0 Å². The van der Waals surface area contributed by atoms with Gasteiger partial charge in [0, 0.05) is 6.42 Å². The van der Waals surface area contributed by atoms with Crippen molar-refractivity contribution in [3.05, 3.63) is 0 Å². The van der Waals surface area contributed by atoms with E-state index in [1.54, 1.807) is 6.92 Å². The van der Waals surface area contributed by atoms with Crippen molar-refractivity contribution < 1.29 is 15.0 Å². The zero-order valence-corrected chi connectivity index (χ0v) is 5.37. The number of nitrogens with zero attached hydrogens (tertiary/aromatic N) is 1. The summed E-state index contributed by atoms with van der Waals surface area (Å²) in [5.74, 6) is -0.250. The Balaban J connectivity index is 0. The highest BCUT2D eigenvalue weighted by molar-refractivity contribution is 5.75. The van der Waals surface area contributed by atoms with Crippen LogP contribution in [0.4, 0.5) is 0 Å². The van der Waals surface area contributed by atoms with Crippen molar-refractivity contribution >= 4 is 5.91 Å². The first-order chi connectivity index (χ1) is 4.26. The first kappa shape index (κ1) is 12.1. The maximum atomic E-state index is 10.6. The zero-order chi connectivity index (χ0) is 7.28. The van der Waals surface area contributed by atoms with Crippen LogP contribution < -0.4 is 0 Å². The molecule has 10 heavy (non-hydrogen) atoms. The lowest BCUT2D eigenvalue weighted by atomic mass is 10.4. The van der Waals surface area contributed by atoms with Gasteiger partial charge in [0.25, 0.3) is 0 Å². The average molecular weight is 149 g/mol. The minimum absolute atomic E-state index is 0. The van der Waals surface area contributed by atoms with Gasteiger partial charge < -0.3 is 10.2 Å². The van der Waals surface area contributed by atoms with Gasteiger partial charge in [-0.25, -0.2) is 0 Å². The van der Waals surface area contributed by atoms with Crippen molar-refractivity contribution in [1.29, 1.82) is 0 Å². The fourth-order valence-electron chi connectivity index (χ4n) is 0.426. The third-order valence-corrected chi connectivity index (χ3v) is 0.997. The minimum Gasteiger partial charge on any atom is -0.376 e. The summed E-state index contributed by atoms with van der Waals surface area (Å²) < 4.78 is 0. The van der Waals surface area contributed by atoms with Gasteiger partial charge in [0.1, 0.15) is 13.5 Å². The highest BCUT2D eigenvalue weighted by Gasteiger charge is 2.06. The van der Waals surface area contributed by atoms with Crippen molar-refractivity contribution in [3.63, 3.8) is 0 Å². The number of hydrogen-bond acceptors (Lipinski definition) is 3. The Morgan fingerprint density at radius 2 is 1.80 bits per heavy atom. The van der Waals surface area contributed by atoms with E-state index < -0.39 is 13.5 Å². The monoisotopic (exact) mass is 149 g/mol. The normalized spacial score (nSPS) is 8.30. The maximum absolute atomic E-state index is 10.6. The lowest BCUT2D eigenvalue weighted by molar-refractivity contribution is -0.139. The van der Waals surface area contributed by atoms with Crippen LogP contribution in [0.15, 0.2) is 0 Å². The van der Waals surface area contributed by atoms with Gasteiger partial charge in [-0.15, -0.1) is 0 Å². The molecule has 62 valence electrons. The largest absolute Gasteiger partial charge is 0.376 e. The molecule has 0 saturated heterocycles. The van der Waals surface area contributed by atoms with Crippen molar-refractivity contribution in [2.75, 3.05) is 13.5 Å². The summed E-state index contributed by atoms with van der Waals surface area (Å²) in [4.78, 5) is 11.5. The van der Waals surface area contributed by atoms with E-state index >= 15 is 0 Å². The summed E-state index contributed by atoms with van der Waals surface area (Å²) in [6.07, 6.45) is 0.307. The van der Waals surface area contributed by atoms with E-state index in [0.29, 0.717) is 6.42 Å². The van der Waals surface area contributed by atoms with Gasteiger partial charge in [-0.05, 0) is 0 Å². The Hall–Kier alpha value is -0.610. The first-order valence-corrected chi connectivity index (χ1v) is 2.75. The molecular formula is C6H15NO3. The van der Waals surface area contributed by atoms with Crippen LogP contribution in [-0.4, -0.2) is 34.5 Å². The lowest BCUT2D eigenvalue weighted by Crippen LogP contribution is -2.31. The molecule has 0 radical (unpaired) electrons. The molecule has 0 heterocycles. The van der Waals surface area contributed by atoms with Gasteiger partial charge in [0.2, 0.25) is 5.91 Å². The average Bonchev–Trinajstić information content (AvgIpc) is 1.90. The van der Waals surface area contributed by atoms with Crippen molar-refractivity contribution in [3.8, 4) is 0 Å². The number of carbonyl (C=O) groups is 1. The molecule has 0 atom stereocenters. The molecule has 0 saturated carbocycles. The molecule has 0 spiro atoms. The second-order valence-electron chi connectivity index (χ2n) is 1.57. The second kappa shape index (κ2) is 6.51. The van der Waals surface area contributed by atoms with Crippen LogP contribution >= 0.6 is 0 Å². The summed E-state index contributed by atoms with van der Waals surface area (Å²) in [6.45, 7) is 0.840. The molecule has 0 rings (SSSR count). The zero-order valence-electron chi connectivity index (χ0n) is 5.37. The molecule has 0 bridgehead atoms. The Kier molecular flexibility index (Phi) is 7.88. The van der Waals surface area contributed by atoms with Gasteiger partial charge in [-0.1, -0.05) is 14.4 Å². The molecule has 0 fully saturated rings. The number of hydrogen-bond donors (Lipinski definition) is 2. The van der Waals surface area contributed by atoms with Gasteiger partial charge in [-0.3, -0.25) is 9.69 Å². The van der Waals surface area contributed by atoms with Gasteiger partial charge in [0.15, 0.2) is 0 Å². The van der Waals surface area contributed by atoms with E-state index in [4.69, 9.17) is 10.2 Å². The Morgan fingerprint density at radius 3 is 1.90 bits per heavy atom. The molecule has 0 aliphatic carbocycles. The fourth-order valence-corrected chi connectivity index (χ4v) is 0.426. The summed E-state index contributed by atoms with van der Waals surface area (Å²) >= 11 is 0. The predicted molar refractivity (Wildman–Crippen MR) is 38.0 cm³/mol. The smallest absolute Gasteiger partial charge is 0.225 e. The number of rotatable bonds is 3. The number of amides is 1. The summed E-state index contributed by atoms with van der Waals surface area (Å²) in [6, 6.07) is 0. The molecule has 0 aromatic heterocycles. The number of aliphatic hydroxyl groups excluding tert-OH is 2. The SMILES string of the molecule is C.CCC(=O)N(CO)CO. The van der Waals surface area contributed by atoms with Gasteiger partial charge in [0.05, 0.1) is 0 Å². The first-order valence-electron chi connectivity index (χ1n) is 2.75. The van der Waals surface area contributed by atoms with Crippen LogP contribution in [0.25, 0.3) is 0 Å². The van der Waals surface area contributed by atoms with E-state index in [9.17, 15) is 4.79 Å². The Labute approximate surface area is 61.1 Å². The molecule has 0 aromatic carbocycles.